The molecule has 0 fully saturated rings. The second-order valence-corrected chi connectivity index (χ2v) is 6.96. The van der Waals surface area contributed by atoms with Gasteiger partial charge in [-0.15, -0.1) is 0 Å². The molecule has 2 aromatic heterocycles. The standard InChI is InChI=1S/C22H21FN4O3/c1-15-25-21-19(11-24-27(21)17-8-3-2-4-9-17)22(29)26(15)12-18(28)14-30-13-16-7-5-6-10-20(16)23/h2-11,18,28H,12-14H2,1H3. The molecule has 0 spiro atoms. The molecule has 1 atom stereocenters. The quantitative estimate of drug-likeness (QED) is 0.508. The number of aliphatic hydroxyl groups is 1. The summed E-state index contributed by atoms with van der Waals surface area (Å²) in [6.45, 7) is 1.72. The lowest BCUT2D eigenvalue weighted by Crippen LogP contribution is -2.31. The Labute approximate surface area is 172 Å². The van der Waals surface area contributed by atoms with E-state index in [4.69, 9.17) is 4.74 Å². The molecule has 0 radical (unpaired) electrons. The van der Waals surface area contributed by atoms with Crippen LogP contribution in [0.1, 0.15) is 11.4 Å². The monoisotopic (exact) mass is 408 g/mol. The molecular weight excluding hydrogens is 387 g/mol. The number of para-hydroxylation sites is 1. The van der Waals surface area contributed by atoms with Gasteiger partial charge in [-0.05, 0) is 25.1 Å². The van der Waals surface area contributed by atoms with Crippen LogP contribution in [0.2, 0.25) is 0 Å². The van der Waals surface area contributed by atoms with Crippen LogP contribution in [-0.2, 0) is 17.9 Å². The van der Waals surface area contributed by atoms with Crippen LogP contribution in [0.15, 0.2) is 65.6 Å². The van der Waals surface area contributed by atoms with Crippen LogP contribution < -0.4 is 5.56 Å². The molecule has 7 nitrogen and oxygen atoms in total. The van der Waals surface area contributed by atoms with Crippen LogP contribution in [0.5, 0.6) is 0 Å². The fourth-order valence-electron chi connectivity index (χ4n) is 3.26. The third kappa shape index (κ3) is 4.00. The van der Waals surface area contributed by atoms with E-state index in [1.165, 1.54) is 16.8 Å². The molecule has 0 saturated heterocycles. The van der Waals surface area contributed by atoms with E-state index in [-0.39, 0.29) is 31.1 Å². The normalized spacial score (nSPS) is 12.4. The van der Waals surface area contributed by atoms with Gasteiger partial charge in [-0.3, -0.25) is 9.36 Å². The molecule has 0 bridgehead atoms. The average molecular weight is 408 g/mol. The van der Waals surface area contributed by atoms with Crippen molar-refractivity contribution in [2.75, 3.05) is 6.61 Å². The van der Waals surface area contributed by atoms with E-state index in [0.717, 1.165) is 5.69 Å². The van der Waals surface area contributed by atoms with Gasteiger partial charge in [0, 0.05) is 5.56 Å². The van der Waals surface area contributed by atoms with E-state index in [1.807, 2.05) is 30.3 Å². The van der Waals surface area contributed by atoms with E-state index in [1.54, 1.807) is 29.8 Å². The average Bonchev–Trinajstić information content (AvgIpc) is 3.17. The second-order valence-electron chi connectivity index (χ2n) is 6.96. The SMILES string of the molecule is Cc1nc2c(cnn2-c2ccccc2)c(=O)n1CC(O)COCc1ccccc1F. The number of benzene rings is 2. The largest absolute Gasteiger partial charge is 0.389 e. The first-order chi connectivity index (χ1) is 14.5. The van der Waals surface area contributed by atoms with Crippen molar-refractivity contribution in [1.29, 1.82) is 0 Å². The number of hydrogen-bond donors (Lipinski definition) is 1. The first-order valence-corrected chi connectivity index (χ1v) is 9.54. The van der Waals surface area contributed by atoms with Gasteiger partial charge in [0.25, 0.3) is 5.56 Å². The van der Waals surface area contributed by atoms with Gasteiger partial charge in [0.1, 0.15) is 17.0 Å². The maximum Gasteiger partial charge on any atom is 0.264 e. The first kappa shape index (κ1) is 19.9. The molecule has 1 N–H and O–H groups in total. The Balaban J connectivity index is 1.50. The van der Waals surface area contributed by atoms with Crippen LogP contribution in [0.25, 0.3) is 16.7 Å². The fraction of sp³-hybridized carbons (Fsp3) is 0.227. The number of nitrogens with zero attached hydrogens (tertiary/aromatic N) is 4. The van der Waals surface area contributed by atoms with E-state index in [9.17, 15) is 14.3 Å². The molecule has 4 aromatic rings. The predicted octanol–water partition coefficient (Wildman–Crippen LogP) is 2.61. The number of aromatic nitrogens is 4. The highest BCUT2D eigenvalue weighted by atomic mass is 19.1. The van der Waals surface area contributed by atoms with Gasteiger partial charge in [0.05, 0.1) is 37.7 Å². The Kier molecular flexibility index (Phi) is 5.69. The van der Waals surface area contributed by atoms with E-state index < -0.39 is 6.10 Å². The third-order valence-electron chi connectivity index (χ3n) is 4.80. The van der Waals surface area contributed by atoms with Gasteiger partial charge in [-0.2, -0.15) is 5.10 Å². The Morgan fingerprint density at radius 2 is 1.87 bits per heavy atom. The van der Waals surface area contributed by atoms with Crippen molar-refractivity contribution in [1.82, 2.24) is 19.3 Å². The zero-order valence-corrected chi connectivity index (χ0v) is 16.4. The van der Waals surface area contributed by atoms with Crippen molar-refractivity contribution in [2.45, 2.75) is 26.2 Å². The maximum atomic E-state index is 13.6. The summed E-state index contributed by atoms with van der Waals surface area (Å²) in [5, 5.41) is 15.0. The summed E-state index contributed by atoms with van der Waals surface area (Å²) >= 11 is 0. The summed E-state index contributed by atoms with van der Waals surface area (Å²) in [6, 6.07) is 15.7. The van der Waals surface area contributed by atoms with Crippen molar-refractivity contribution in [3.63, 3.8) is 0 Å². The van der Waals surface area contributed by atoms with Crippen molar-refractivity contribution >= 4 is 11.0 Å². The second kappa shape index (κ2) is 8.56. The summed E-state index contributed by atoms with van der Waals surface area (Å²) in [5.74, 6) is 0.0995. The highest BCUT2D eigenvalue weighted by molar-refractivity contribution is 5.75. The molecule has 0 amide bonds. The lowest BCUT2D eigenvalue weighted by molar-refractivity contribution is 0.0186. The smallest absolute Gasteiger partial charge is 0.264 e. The third-order valence-corrected chi connectivity index (χ3v) is 4.80. The molecule has 8 heteroatoms. The molecule has 1 unspecified atom stereocenters. The van der Waals surface area contributed by atoms with Crippen molar-refractivity contribution < 1.29 is 14.2 Å². The molecular formula is C22H21FN4O3. The number of hydrogen-bond acceptors (Lipinski definition) is 5. The molecule has 0 aliphatic heterocycles. The molecule has 30 heavy (non-hydrogen) atoms. The topological polar surface area (TPSA) is 82.2 Å². The number of aryl methyl sites for hydroxylation is 1. The zero-order chi connectivity index (χ0) is 21.1. The van der Waals surface area contributed by atoms with E-state index in [0.29, 0.717) is 22.4 Å². The maximum absolute atomic E-state index is 13.6. The van der Waals surface area contributed by atoms with Crippen LogP contribution in [0.3, 0.4) is 0 Å². The first-order valence-electron chi connectivity index (χ1n) is 9.54. The summed E-state index contributed by atoms with van der Waals surface area (Å²) in [6.07, 6.45) is 0.533. The van der Waals surface area contributed by atoms with Crippen LogP contribution in [-0.4, -0.2) is 37.1 Å². The molecule has 0 saturated carbocycles. The minimum Gasteiger partial charge on any atom is -0.389 e. The molecule has 154 valence electrons. The molecule has 2 heterocycles. The van der Waals surface area contributed by atoms with Gasteiger partial charge in [-0.1, -0.05) is 36.4 Å². The Bertz CT molecular complexity index is 1220. The summed E-state index contributed by atoms with van der Waals surface area (Å²) in [7, 11) is 0. The van der Waals surface area contributed by atoms with E-state index in [2.05, 4.69) is 10.1 Å². The molecule has 2 aromatic carbocycles. The molecule has 0 aliphatic rings. The van der Waals surface area contributed by atoms with Crippen LogP contribution in [0.4, 0.5) is 4.39 Å². The van der Waals surface area contributed by atoms with Gasteiger partial charge in [0.15, 0.2) is 5.65 Å². The lowest BCUT2D eigenvalue weighted by Gasteiger charge is -2.15. The van der Waals surface area contributed by atoms with Gasteiger partial charge < -0.3 is 9.84 Å². The summed E-state index contributed by atoms with van der Waals surface area (Å²) in [4.78, 5) is 17.5. The summed E-state index contributed by atoms with van der Waals surface area (Å²) < 4.78 is 22.1. The lowest BCUT2D eigenvalue weighted by atomic mass is 10.2. The number of ether oxygens (including phenoxy) is 1. The van der Waals surface area contributed by atoms with Gasteiger partial charge >= 0.3 is 0 Å². The van der Waals surface area contributed by atoms with Gasteiger partial charge in [-0.25, -0.2) is 14.1 Å². The number of rotatable bonds is 7. The number of fused-ring (bicyclic) bond motifs is 1. The highest BCUT2D eigenvalue weighted by Gasteiger charge is 2.16. The Morgan fingerprint density at radius 1 is 1.13 bits per heavy atom. The molecule has 4 rings (SSSR count). The Morgan fingerprint density at radius 3 is 2.63 bits per heavy atom. The zero-order valence-electron chi connectivity index (χ0n) is 16.4. The Hall–Kier alpha value is -3.36. The summed E-state index contributed by atoms with van der Waals surface area (Å²) in [5.41, 5.74) is 1.39. The number of halogens is 1. The van der Waals surface area contributed by atoms with Crippen molar-refractivity contribution in [2.24, 2.45) is 0 Å². The van der Waals surface area contributed by atoms with Crippen LogP contribution in [0, 0.1) is 12.7 Å². The predicted molar refractivity (Wildman–Crippen MR) is 110 cm³/mol. The van der Waals surface area contributed by atoms with Crippen LogP contribution >= 0.6 is 0 Å². The molecule has 0 aliphatic carbocycles. The highest BCUT2D eigenvalue weighted by Crippen LogP contribution is 2.14. The minimum absolute atomic E-state index is 0.0153. The number of aliphatic hydroxyl groups excluding tert-OH is 1. The fourth-order valence-corrected chi connectivity index (χ4v) is 3.26. The van der Waals surface area contributed by atoms with E-state index >= 15 is 0 Å². The van der Waals surface area contributed by atoms with Crippen molar-refractivity contribution in [3.05, 3.63) is 88.4 Å². The van der Waals surface area contributed by atoms with Gasteiger partial charge in [0.2, 0.25) is 0 Å². The minimum atomic E-state index is -0.948. The van der Waals surface area contributed by atoms with Crippen molar-refractivity contribution in [3.8, 4) is 5.69 Å².